The Morgan fingerprint density at radius 1 is 1.05 bits per heavy atom. The molecule has 0 spiro atoms. The van der Waals surface area contributed by atoms with E-state index in [2.05, 4.69) is 33.0 Å². The number of hydrogen-bond acceptors (Lipinski definition) is 2. The maximum absolute atomic E-state index is 14.3. The van der Waals surface area contributed by atoms with Crippen LogP contribution in [0.4, 0.5) is 8.78 Å². The molecule has 0 aromatic heterocycles. The fourth-order valence-corrected chi connectivity index (χ4v) is 9.97. The van der Waals surface area contributed by atoms with E-state index >= 15 is 0 Å². The van der Waals surface area contributed by atoms with Crippen molar-refractivity contribution >= 4 is 5.91 Å². The predicted octanol–water partition coefficient (Wildman–Crippen LogP) is 7.78. The average Bonchev–Trinajstić information content (AvgIpc) is 2.85. The second-order valence-electron chi connectivity index (χ2n) is 13.5. The fraction of sp³-hybridized carbons (Fsp3) is 0.781. The van der Waals surface area contributed by atoms with Gasteiger partial charge in [0.25, 0.3) is 5.91 Å². The summed E-state index contributed by atoms with van der Waals surface area (Å²) in [6.45, 7) is 11.0. The van der Waals surface area contributed by atoms with Gasteiger partial charge in [-0.2, -0.15) is 0 Å². The maximum atomic E-state index is 14.3. The number of rotatable bonds is 6. The molecular weight excluding hydrogens is 468 g/mol. The third-order valence-corrected chi connectivity index (χ3v) is 11.6. The van der Waals surface area contributed by atoms with Crippen LogP contribution in [-0.2, 0) is 4.74 Å². The monoisotopic (exact) mass is 515 g/mol. The number of benzene rings is 1. The van der Waals surface area contributed by atoms with E-state index in [0.717, 1.165) is 55.4 Å². The number of amides is 1. The van der Waals surface area contributed by atoms with Crippen LogP contribution in [-0.4, -0.2) is 25.2 Å². The molecule has 4 aliphatic carbocycles. The van der Waals surface area contributed by atoms with Crippen LogP contribution in [0.15, 0.2) is 18.2 Å². The minimum Gasteiger partial charge on any atom is -0.381 e. The van der Waals surface area contributed by atoms with E-state index in [1.54, 1.807) is 0 Å². The standard InChI is InChI=1S/C32H47F2NO2/c1-5-37-19-21-9-12-27-23-14-16-32(4)26(7-6-8-28(32)24(23)13-15-31(27,3)18-21)20(2)35-30(36)25-11-10-22(33)17-29(25)34/h10-11,17,20-21,23-24,26-28H,5-9,12-16,18-19H2,1-4H3,(H,35,36)/t20-,21-,23?,24+,26+,27+,28?,31+,32+/m0/s1. The molecule has 1 amide bonds. The van der Waals surface area contributed by atoms with Crippen molar-refractivity contribution in [2.45, 2.75) is 97.9 Å². The minimum atomic E-state index is -0.792. The van der Waals surface area contributed by atoms with Crippen LogP contribution >= 0.6 is 0 Å². The highest BCUT2D eigenvalue weighted by Gasteiger charge is 2.58. The molecule has 0 heterocycles. The molecule has 206 valence electrons. The average molecular weight is 516 g/mol. The Kier molecular flexibility index (Phi) is 7.75. The molecule has 5 heteroatoms. The fourth-order valence-electron chi connectivity index (χ4n) is 9.97. The first kappa shape index (κ1) is 27.1. The summed E-state index contributed by atoms with van der Waals surface area (Å²) in [7, 11) is 0. The van der Waals surface area contributed by atoms with Crippen LogP contribution in [0.25, 0.3) is 0 Å². The molecule has 1 aromatic rings. The van der Waals surface area contributed by atoms with Gasteiger partial charge in [0.15, 0.2) is 0 Å². The van der Waals surface area contributed by atoms with E-state index in [4.69, 9.17) is 4.74 Å². The second kappa shape index (κ2) is 10.6. The third kappa shape index (κ3) is 4.99. The first-order valence-corrected chi connectivity index (χ1v) is 15.0. The molecule has 0 bridgehead atoms. The van der Waals surface area contributed by atoms with Crippen molar-refractivity contribution in [3.63, 3.8) is 0 Å². The Hall–Kier alpha value is -1.49. The van der Waals surface area contributed by atoms with Crippen molar-refractivity contribution in [3.8, 4) is 0 Å². The number of ether oxygens (including phenoxy) is 1. The van der Waals surface area contributed by atoms with Crippen LogP contribution in [0.2, 0.25) is 0 Å². The van der Waals surface area contributed by atoms with Gasteiger partial charge in [-0.25, -0.2) is 8.78 Å². The molecule has 4 saturated carbocycles. The first-order valence-electron chi connectivity index (χ1n) is 15.0. The van der Waals surface area contributed by atoms with Gasteiger partial charge in [-0.3, -0.25) is 4.79 Å². The molecular formula is C32H47F2NO2. The Labute approximate surface area is 222 Å². The number of carbonyl (C=O) groups excluding carboxylic acids is 1. The number of carbonyl (C=O) groups is 1. The zero-order valence-electron chi connectivity index (χ0n) is 23.3. The van der Waals surface area contributed by atoms with Crippen LogP contribution < -0.4 is 5.32 Å². The van der Waals surface area contributed by atoms with Crippen molar-refractivity contribution < 1.29 is 18.3 Å². The van der Waals surface area contributed by atoms with Gasteiger partial charge in [0.05, 0.1) is 5.56 Å². The van der Waals surface area contributed by atoms with Crippen LogP contribution in [0.1, 0.15) is 102 Å². The summed E-state index contributed by atoms with van der Waals surface area (Å²) < 4.78 is 33.4. The largest absolute Gasteiger partial charge is 0.381 e. The number of hydrogen-bond donors (Lipinski definition) is 1. The molecule has 3 nitrogen and oxygen atoms in total. The third-order valence-electron chi connectivity index (χ3n) is 11.6. The van der Waals surface area contributed by atoms with Crippen molar-refractivity contribution in [1.82, 2.24) is 5.32 Å². The Bertz CT molecular complexity index is 984. The van der Waals surface area contributed by atoms with Gasteiger partial charge in [-0.15, -0.1) is 0 Å². The lowest BCUT2D eigenvalue weighted by Gasteiger charge is -2.63. The molecule has 1 aromatic carbocycles. The molecule has 2 unspecified atom stereocenters. The van der Waals surface area contributed by atoms with Gasteiger partial charge < -0.3 is 10.1 Å². The molecule has 4 aliphatic rings. The molecule has 0 aliphatic heterocycles. The maximum Gasteiger partial charge on any atom is 0.254 e. The van der Waals surface area contributed by atoms with Crippen LogP contribution in [0.5, 0.6) is 0 Å². The summed E-state index contributed by atoms with van der Waals surface area (Å²) in [4.78, 5) is 12.9. The number of nitrogens with one attached hydrogen (secondary N) is 1. The van der Waals surface area contributed by atoms with Crippen molar-refractivity contribution in [1.29, 1.82) is 0 Å². The van der Waals surface area contributed by atoms with Crippen LogP contribution in [0, 0.1) is 58.0 Å². The summed E-state index contributed by atoms with van der Waals surface area (Å²) >= 11 is 0. The molecule has 37 heavy (non-hydrogen) atoms. The zero-order valence-corrected chi connectivity index (χ0v) is 23.3. The van der Waals surface area contributed by atoms with Crippen molar-refractivity contribution in [2.24, 2.45) is 46.3 Å². The van der Waals surface area contributed by atoms with Gasteiger partial charge in [-0.05, 0) is 130 Å². The van der Waals surface area contributed by atoms with Gasteiger partial charge in [-0.1, -0.05) is 20.3 Å². The second-order valence-corrected chi connectivity index (χ2v) is 13.5. The summed E-state index contributed by atoms with van der Waals surface area (Å²) in [6, 6.07) is 3.16. The summed E-state index contributed by atoms with van der Waals surface area (Å²) in [5.74, 6) is 2.40. The van der Waals surface area contributed by atoms with Crippen molar-refractivity contribution in [3.05, 3.63) is 35.4 Å². The van der Waals surface area contributed by atoms with Crippen LogP contribution in [0.3, 0.4) is 0 Å². The lowest BCUT2D eigenvalue weighted by atomic mass is 9.42. The SMILES string of the molecule is CCOC[C@H]1CC[C@@H]2C3CC[C@@]4(C)C(CCC[C@@H]4[C@H](C)NC(=O)c4ccc(F)cc4F)[C@@H]3CC[C@]2(C)C1. The molecule has 0 radical (unpaired) electrons. The predicted molar refractivity (Wildman–Crippen MR) is 143 cm³/mol. The highest BCUT2D eigenvalue weighted by atomic mass is 19.1. The van der Waals surface area contributed by atoms with Crippen molar-refractivity contribution in [2.75, 3.05) is 13.2 Å². The smallest absolute Gasteiger partial charge is 0.254 e. The van der Waals surface area contributed by atoms with Gasteiger partial charge >= 0.3 is 0 Å². The summed E-state index contributed by atoms with van der Waals surface area (Å²) in [5, 5.41) is 3.12. The Balaban J connectivity index is 1.29. The van der Waals surface area contributed by atoms with E-state index in [0.29, 0.717) is 17.3 Å². The minimum absolute atomic E-state index is 0.0378. The molecule has 9 atom stereocenters. The van der Waals surface area contributed by atoms with E-state index in [1.165, 1.54) is 63.9 Å². The first-order chi connectivity index (χ1) is 17.7. The lowest BCUT2D eigenvalue weighted by molar-refractivity contribution is -0.140. The Morgan fingerprint density at radius 3 is 2.57 bits per heavy atom. The van der Waals surface area contributed by atoms with Gasteiger partial charge in [0, 0.05) is 25.3 Å². The summed E-state index contributed by atoms with van der Waals surface area (Å²) in [6.07, 6.45) is 12.8. The molecule has 5 rings (SSSR count). The molecule has 1 N–H and O–H groups in total. The highest BCUT2D eigenvalue weighted by molar-refractivity contribution is 5.94. The number of fused-ring (bicyclic) bond motifs is 5. The van der Waals surface area contributed by atoms with Gasteiger partial charge in [0.1, 0.15) is 11.6 Å². The molecule has 4 fully saturated rings. The zero-order chi connectivity index (χ0) is 26.4. The van der Waals surface area contributed by atoms with E-state index in [-0.39, 0.29) is 17.0 Å². The highest BCUT2D eigenvalue weighted by Crippen LogP contribution is 2.66. The number of halogens is 2. The molecule has 0 saturated heterocycles. The van der Waals surface area contributed by atoms with Gasteiger partial charge in [0.2, 0.25) is 0 Å². The van der Waals surface area contributed by atoms with E-state index in [9.17, 15) is 13.6 Å². The van der Waals surface area contributed by atoms with E-state index < -0.39 is 17.5 Å². The van der Waals surface area contributed by atoms with E-state index in [1.807, 2.05) is 0 Å². The normalized spacial score (nSPS) is 40.2. The quantitative estimate of drug-likeness (QED) is 0.420. The summed E-state index contributed by atoms with van der Waals surface area (Å²) in [5.41, 5.74) is 0.595. The Morgan fingerprint density at radius 2 is 1.81 bits per heavy atom. The topological polar surface area (TPSA) is 38.3 Å². The lowest BCUT2D eigenvalue weighted by Crippen LogP contribution is -2.57.